The molecule has 1 aromatic heterocycles. The molecule has 76 valence electrons. The zero-order valence-corrected chi connectivity index (χ0v) is 9.08. The summed E-state index contributed by atoms with van der Waals surface area (Å²) in [5.74, 6) is 0.734. The van der Waals surface area contributed by atoms with Gasteiger partial charge in [0.25, 0.3) is 0 Å². The van der Waals surface area contributed by atoms with Crippen LogP contribution in [0, 0.1) is 0 Å². The number of carbonyl (C=O) groups excluding carboxylic acids is 1. The molecule has 0 unspecified atom stereocenters. The van der Waals surface area contributed by atoms with Gasteiger partial charge in [0.1, 0.15) is 5.75 Å². The van der Waals surface area contributed by atoms with E-state index < -0.39 is 0 Å². The second kappa shape index (κ2) is 4.28. The van der Waals surface area contributed by atoms with Crippen LogP contribution in [0.5, 0.6) is 5.75 Å². The van der Waals surface area contributed by atoms with Crippen molar-refractivity contribution in [2.75, 3.05) is 7.11 Å². The molecule has 0 saturated carbocycles. The summed E-state index contributed by atoms with van der Waals surface area (Å²) in [4.78, 5) is 10.9. The van der Waals surface area contributed by atoms with E-state index in [1.54, 1.807) is 24.5 Å². The highest BCUT2D eigenvalue weighted by Crippen LogP contribution is 2.33. The van der Waals surface area contributed by atoms with Gasteiger partial charge in [0.15, 0.2) is 6.29 Å². The van der Waals surface area contributed by atoms with Crippen LogP contribution in [-0.4, -0.2) is 13.4 Å². The van der Waals surface area contributed by atoms with Crippen LogP contribution in [0.4, 0.5) is 0 Å². The highest BCUT2D eigenvalue weighted by atomic mass is 32.1. The summed E-state index contributed by atoms with van der Waals surface area (Å²) < 4.78 is 5.26. The van der Waals surface area contributed by atoms with Gasteiger partial charge in [0.2, 0.25) is 0 Å². The lowest BCUT2D eigenvalue weighted by atomic mass is 10.0. The summed E-state index contributed by atoms with van der Waals surface area (Å²) in [6, 6.07) is 7.45. The van der Waals surface area contributed by atoms with E-state index in [4.69, 9.17) is 4.74 Å². The Kier molecular flexibility index (Phi) is 2.83. The van der Waals surface area contributed by atoms with Gasteiger partial charge in [-0.15, -0.1) is 0 Å². The third-order valence-corrected chi connectivity index (χ3v) is 2.90. The molecule has 2 aromatic rings. The maximum absolute atomic E-state index is 10.9. The Morgan fingerprint density at radius 3 is 2.80 bits per heavy atom. The highest BCUT2D eigenvalue weighted by Gasteiger charge is 2.10. The molecular weight excluding hydrogens is 208 g/mol. The van der Waals surface area contributed by atoms with E-state index >= 15 is 0 Å². The van der Waals surface area contributed by atoms with Gasteiger partial charge < -0.3 is 4.74 Å². The molecule has 0 spiro atoms. The molecule has 2 rings (SSSR count). The number of ether oxygens (including phenoxy) is 1. The van der Waals surface area contributed by atoms with Gasteiger partial charge in [-0.2, -0.15) is 11.3 Å². The van der Waals surface area contributed by atoms with Gasteiger partial charge in [-0.05, 0) is 28.5 Å². The zero-order valence-electron chi connectivity index (χ0n) is 8.27. The number of methoxy groups -OCH3 is 1. The molecule has 0 fully saturated rings. The Labute approximate surface area is 92.1 Å². The minimum absolute atomic E-state index is 0.660. The molecule has 2 nitrogen and oxygen atoms in total. The van der Waals surface area contributed by atoms with E-state index in [1.165, 1.54) is 0 Å². The topological polar surface area (TPSA) is 26.3 Å². The van der Waals surface area contributed by atoms with Crippen LogP contribution in [0.2, 0.25) is 0 Å². The minimum Gasteiger partial charge on any atom is -0.496 e. The van der Waals surface area contributed by atoms with Crippen molar-refractivity contribution < 1.29 is 9.53 Å². The Morgan fingerprint density at radius 2 is 2.20 bits per heavy atom. The van der Waals surface area contributed by atoms with Crippen molar-refractivity contribution in [2.45, 2.75) is 0 Å². The second-order valence-electron chi connectivity index (χ2n) is 3.05. The normalized spacial score (nSPS) is 9.93. The summed E-state index contributed by atoms with van der Waals surface area (Å²) in [7, 11) is 1.61. The molecule has 0 saturated heterocycles. The lowest BCUT2D eigenvalue weighted by Gasteiger charge is -2.08. The van der Waals surface area contributed by atoms with Crippen LogP contribution in [0.25, 0.3) is 11.1 Å². The monoisotopic (exact) mass is 218 g/mol. The van der Waals surface area contributed by atoms with Crippen molar-refractivity contribution in [3.05, 3.63) is 40.6 Å². The summed E-state index contributed by atoms with van der Waals surface area (Å²) >= 11 is 1.60. The van der Waals surface area contributed by atoms with Gasteiger partial charge in [0.05, 0.1) is 7.11 Å². The van der Waals surface area contributed by atoms with Gasteiger partial charge in [0, 0.05) is 11.1 Å². The molecule has 1 heterocycles. The number of aldehydes is 1. The van der Waals surface area contributed by atoms with Gasteiger partial charge >= 0.3 is 0 Å². The Bertz CT molecular complexity index is 460. The number of carbonyl (C=O) groups is 1. The average molecular weight is 218 g/mol. The molecule has 0 amide bonds. The van der Waals surface area contributed by atoms with Crippen LogP contribution in [0.3, 0.4) is 0 Å². The molecular formula is C12H10O2S. The fraction of sp³-hybridized carbons (Fsp3) is 0.0833. The first kappa shape index (κ1) is 9.93. The van der Waals surface area contributed by atoms with Crippen molar-refractivity contribution in [1.29, 1.82) is 0 Å². The largest absolute Gasteiger partial charge is 0.496 e. The van der Waals surface area contributed by atoms with E-state index in [-0.39, 0.29) is 0 Å². The number of rotatable bonds is 3. The summed E-state index contributed by atoms with van der Waals surface area (Å²) in [5.41, 5.74) is 2.56. The minimum atomic E-state index is 0.660. The quantitative estimate of drug-likeness (QED) is 0.739. The van der Waals surface area contributed by atoms with E-state index in [0.29, 0.717) is 5.56 Å². The first-order valence-electron chi connectivity index (χ1n) is 4.51. The lowest BCUT2D eigenvalue weighted by Crippen LogP contribution is -1.92. The number of hydrogen-bond acceptors (Lipinski definition) is 3. The molecule has 0 radical (unpaired) electrons. The van der Waals surface area contributed by atoms with Crippen molar-refractivity contribution in [3.8, 4) is 16.9 Å². The lowest BCUT2D eigenvalue weighted by molar-refractivity contribution is 0.112. The van der Waals surface area contributed by atoms with Crippen molar-refractivity contribution in [1.82, 2.24) is 0 Å². The van der Waals surface area contributed by atoms with Crippen molar-refractivity contribution in [3.63, 3.8) is 0 Å². The molecule has 0 atom stereocenters. The summed E-state index contributed by atoms with van der Waals surface area (Å²) in [6.07, 6.45) is 0.857. The summed E-state index contributed by atoms with van der Waals surface area (Å²) in [5, 5.41) is 3.99. The van der Waals surface area contributed by atoms with Crippen LogP contribution in [0.15, 0.2) is 35.0 Å². The van der Waals surface area contributed by atoms with Gasteiger partial charge in [-0.3, -0.25) is 4.79 Å². The van der Waals surface area contributed by atoms with E-state index in [1.807, 2.05) is 29.0 Å². The smallest absolute Gasteiger partial charge is 0.150 e. The first-order valence-corrected chi connectivity index (χ1v) is 5.46. The molecule has 15 heavy (non-hydrogen) atoms. The van der Waals surface area contributed by atoms with Crippen LogP contribution in [-0.2, 0) is 0 Å². The number of benzene rings is 1. The Hall–Kier alpha value is -1.61. The van der Waals surface area contributed by atoms with Gasteiger partial charge in [-0.1, -0.05) is 12.1 Å². The fourth-order valence-electron chi connectivity index (χ4n) is 1.53. The number of hydrogen-bond donors (Lipinski definition) is 0. The molecule has 0 aliphatic heterocycles. The fourth-order valence-corrected chi connectivity index (χ4v) is 2.18. The third kappa shape index (κ3) is 1.78. The van der Waals surface area contributed by atoms with E-state index in [2.05, 4.69) is 0 Å². The molecule has 0 bridgehead atoms. The molecule has 3 heteroatoms. The highest BCUT2D eigenvalue weighted by molar-refractivity contribution is 7.08. The standard InChI is InChI=1S/C12H10O2S/c1-14-11-4-2-3-9(7-13)12(11)10-5-6-15-8-10/h2-8H,1H3. The molecule has 0 aliphatic carbocycles. The summed E-state index contributed by atoms with van der Waals surface area (Å²) in [6.45, 7) is 0. The SMILES string of the molecule is COc1cccc(C=O)c1-c1ccsc1. The Balaban J connectivity index is 2.66. The van der Waals surface area contributed by atoms with E-state index in [0.717, 1.165) is 23.2 Å². The zero-order chi connectivity index (χ0) is 10.7. The maximum Gasteiger partial charge on any atom is 0.150 e. The van der Waals surface area contributed by atoms with Crippen LogP contribution in [0.1, 0.15) is 10.4 Å². The van der Waals surface area contributed by atoms with Gasteiger partial charge in [-0.25, -0.2) is 0 Å². The molecule has 1 aromatic carbocycles. The molecule has 0 aliphatic rings. The van der Waals surface area contributed by atoms with Crippen molar-refractivity contribution in [2.24, 2.45) is 0 Å². The third-order valence-electron chi connectivity index (χ3n) is 2.22. The predicted molar refractivity (Wildman–Crippen MR) is 61.7 cm³/mol. The first-order chi connectivity index (χ1) is 7.36. The van der Waals surface area contributed by atoms with E-state index in [9.17, 15) is 4.79 Å². The van der Waals surface area contributed by atoms with Crippen LogP contribution < -0.4 is 4.74 Å². The number of thiophene rings is 1. The average Bonchev–Trinajstić information content (AvgIpc) is 2.81. The maximum atomic E-state index is 10.9. The second-order valence-corrected chi connectivity index (χ2v) is 3.83. The predicted octanol–water partition coefficient (Wildman–Crippen LogP) is 3.24. The van der Waals surface area contributed by atoms with Crippen molar-refractivity contribution >= 4 is 17.6 Å². The molecule has 0 N–H and O–H groups in total. The Morgan fingerprint density at radius 1 is 1.33 bits per heavy atom. The van der Waals surface area contributed by atoms with Crippen LogP contribution >= 0.6 is 11.3 Å².